The highest BCUT2D eigenvalue weighted by Gasteiger charge is 2.14. The average Bonchev–Trinajstić information content (AvgIpc) is 2.89. The minimum absolute atomic E-state index is 0.196. The van der Waals surface area contributed by atoms with Crippen molar-refractivity contribution in [1.29, 1.82) is 0 Å². The van der Waals surface area contributed by atoms with E-state index in [-0.39, 0.29) is 11.4 Å². The maximum absolute atomic E-state index is 13.9. The van der Waals surface area contributed by atoms with Crippen LogP contribution in [0.4, 0.5) is 14.6 Å². The Morgan fingerprint density at radius 3 is 2.67 bits per heavy atom. The predicted molar refractivity (Wildman–Crippen MR) is 81.7 cm³/mol. The zero-order chi connectivity index (χ0) is 15.0. The highest BCUT2D eigenvalue weighted by atomic mass is 32.1. The second-order valence-electron chi connectivity index (χ2n) is 4.56. The molecule has 21 heavy (non-hydrogen) atoms. The van der Waals surface area contributed by atoms with Gasteiger partial charge in [0.15, 0.2) is 5.82 Å². The molecule has 0 unspecified atom stereocenters. The number of thiophene rings is 1. The maximum Gasteiger partial charge on any atom is 0.166 e. The van der Waals surface area contributed by atoms with E-state index in [2.05, 4.69) is 22.2 Å². The lowest BCUT2D eigenvalue weighted by atomic mass is 10.2. The Morgan fingerprint density at radius 2 is 2.00 bits per heavy atom. The normalized spacial score (nSPS) is 11.0. The second kappa shape index (κ2) is 5.37. The summed E-state index contributed by atoms with van der Waals surface area (Å²) in [6.07, 6.45) is 0.907. The highest BCUT2D eigenvalue weighted by Crippen LogP contribution is 2.32. The van der Waals surface area contributed by atoms with Crippen LogP contribution in [0.15, 0.2) is 24.3 Å². The Morgan fingerprint density at radius 1 is 1.19 bits per heavy atom. The summed E-state index contributed by atoms with van der Waals surface area (Å²) in [5, 5.41) is 3.93. The molecule has 3 rings (SSSR count). The van der Waals surface area contributed by atoms with Crippen LogP contribution in [0, 0.1) is 11.6 Å². The van der Waals surface area contributed by atoms with Gasteiger partial charge in [-0.1, -0.05) is 6.92 Å². The number of hydrogen-bond acceptors (Lipinski definition) is 4. The van der Waals surface area contributed by atoms with Gasteiger partial charge in [-0.15, -0.1) is 11.3 Å². The van der Waals surface area contributed by atoms with Gasteiger partial charge in [0, 0.05) is 18.0 Å². The third-order valence-electron chi connectivity index (χ3n) is 3.20. The fourth-order valence-corrected chi connectivity index (χ4v) is 3.09. The Hall–Kier alpha value is -2.08. The Kier molecular flexibility index (Phi) is 3.55. The standard InChI is InChI=1S/C15H13F2N3S/c1-3-9-7-11-13(18-2)19-14(20-15(11)21-9)10-5-4-8(16)6-12(10)17/h4-7H,3H2,1-2H3,(H,18,19,20). The summed E-state index contributed by atoms with van der Waals surface area (Å²) in [6.45, 7) is 2.07. The average molecular weight is 305 g/mol. The smallest absolute Gasteiger partial charge is 0.166 e. The molecule has 0 aliphatic rings. The van der Waals surface area contributed by atoms with Crippen molar-refractivity contribution in [2.24, 2.45) is 0 Å². The van der Waals surface area contributed by atoms with Crippen molar-refractivity contribution in [2.45, 2.75) is 13.3 Å². The topological polar surface area (TPSA) is 37.8 Å². The van der Waals surface area contributed by atoms with Gasteiger partial charge in [0.05, 0.1) is 10.9 Å². The van der Waals surface area contributed by atoms with Crippen molar-refractivity contribution < 1.29 is 8.78 Å². The number of anilines is 1. The van der Waals surface area contributed by atoms with Crippen LogP contribution in [-0.2, 0) is 6.42 Å². The molecule has 0 amide bonds. The molecule has 0 radical (unpaired) electrons. The van der Waals surface area contributed by atoms with Crippen molar-refractivity contribution in [3.05, 3.63) is 40.8 Å². The number of benzene rings is 1. The summed E-state index contributed by atoms with van der Waals surface area (Å²) >= 11 is 1.56. The van der Waals surface area contributed by atoms with Gasteiger partial charge in [0.1, 0.15) is 22.3 Å². The zero-order valence-electron chi connectivity index (χ0n) is 11.6. The molecule has 0 atom stereocenters. The van der Waals surface area contributed by atoms with E-state index in [1.54, 1.807) is 18.4 Å². The van der Waals surface area contributed by atoms with Crippen molar-refractivity contribution in [2.75, 3.05) is 12.4 Å². The molecule has 0 saturated carbocycles. The summed E-state index contributed by atoms with van der Waals surface area (Å²) in [5.74, 6) is -0.372. The van der Waals surface area contributed by atoms with Crippen LogP contribution >= 0.6 is 11.3 Å². The molecule has 0 aliphatic carbocycles. The first-order chi connectivity index (χ1) is 10.1. The van der Waals surface area contributed by atoms with Gasteiger partial charge < -0.3 is 5.32 Å². The summed E-state index contributed by atoms with van der Waals surface area (Å²) in [7, 11) is 1.76. The third-order valence-corrected chi connectivity index (χ3v) is 4.37. The molecule has 3 aromatic rings. The van der Waals surface area contributed by atoms with Crippen LogP contribution in [0.5, 0.6) is 0 Å². The highest BCUT2D eigenvalue weighted by molar-refractivity contribution is 7.18. The number of fused-ring (bicyclic) bond motifs is 1. The van der Waals surface area contributed by atoms with E-state index < -0.39 is 11.6 Å². The van der Waals surface area contributed by atoms with Crippen LogP contribution in [0.25, 0.3) is 21.6 Å². The fourth-order valence-electron chi connectivity index (χ4n) is 2.13. The quantitative estimate of drug-likeness (QED) is 0.786. The lowest BCUT2D eigenvalue weighted by molar-refractivity contribution is 0.585. The van der Waals surface area contributed by atoms with E-state index in [9.17, 15) is 8.78 Å². The van der Waals surface area contributed by atoms with Crippen LogP contribution in [0.3, 0.4) is 0 Å². The van der Waals surface area contributed by atoms with Gasteiger partial charge in [-0.2, -0.15) is 0 Å². The Bertz CT molecular complexity index is 814. The van der Waals surface area contributed by atoms with E-state index >= 15 is 0 Å². The molecular weight excluding hydrogens is 292 g/mol. The molecule has 0 saturated heterocycles. The first-order valence-corrected chi connectivity index (χ1v) is 7.37. The van der Waals surface area contributed by atoms with Crippen LogP contribution in [0.2, 0.25) is 0 Å². The monoisotopic (exact) mass is 305 g/mol. The molecule has 1 N–H and O–H groups in total. The first kappa shape index (κ1) is 13.9. The van der Waals surface area contributed by atoms with E-state index in [0.29, 0.717) is 5.82 Å². The van der Waals surface area contributed by atoms with E-state index in [1.807, 2.05) is 6.07 Å². The van der Waals surface area contributed by atoms with Crippen molar-refractivity contribution in [3.63, 3.8) is 0 Å². The molecule has 2 heterocycles. The predicted octanol–water partition coefficient (Wildman–Crippen LogP) is 4.24. The van der Waals surface area contributed by atoms with Gasteiger partial charge in [0.25, 0.3) is 0 Å². The number of hydrogen-bond donors (Lipinski definition) is 1. The molecule has 0 fully saturated rings. The van der Waals surface area contributed by atoms with Crippen LogP contribution in [0.1, 0.15) is 11.8 Å². The van der Waals surface area contributed by atoms with Crippen molar-refractivity contribution >= 4 is 27.4 Å². The number of rotatable bonds is 3. The van der Waals surface area contributed by atoms with Gasteiger partial charge >= 0.3 is 0 Å². The minimum atomic E-state index is -0.663. The lowest BCUT2D eigenvalue weighted by Gasteiger charge is -2.06. The SMILES string of the molecule is CCc1cc2c(NC)nc(-c3ccc(F)cc3F)nc2s1. The first-order valence-electron chi connectivity index (χ1n) is 6.56. The molecule has 0 bridgehead atoms. The summed E-state index contributed by atoms with van der Waals surface area (Å²) in [4.78, 5) is 10.8. The molecule has 1 aromatic carbocycles. The number of nitrogens with one attached hydrogen (secondary N) is 1. The van der Waals surface area contributed by atoms with Crippen LogP contribution in [-0.4, -0.2) is 17.0 Å². The molecule has 0 spiro atoms. The zero-order valence-corrected chi connectivity index (χ0v) is 12.4. The van der Waals surface area contributed by atoms with Crippen LogP contribution < -0.4 is 5.32 Å². The Balaban J connectivity index is 2.23. The molecular formula is C15H13F2N3S. The van der Waals surface area contributed by atoms with Gasteiger partial charge in [0.2, 0.25) is 0 Å². The number of aryl methyl sites for hydroxylation is 1. The minimum Gasteiger partial charge on any atom is -0.372 e. The van der Waals surface area contributed by atoms with Gasteiger partial charge in [-0.05, 0) is 24.6 Å². The number of nitrogens with zero attached hydrogens (tertiary/aromatic N) is 2. The van der Waals surface area contributed by atoms with Gasteiger partial charge in [-0.3, -0.25) is 0 Å². The van der Waals surface area contributed by atoms with Crippen molar-refractivity contribution in [1.82, 2.24) is 9.97 Å². The lowest BCUT2D eigenvalue weighted by Crippen LogP contribution is -1.98. The summed E-state index contributed by atoms with van der Waals surface area (Å²) < 4.78 is 26.9. The summed E-state index contributed by atoms with van der Waals surface area (Å²) in [6, 6.07) is 5.45. The molecule has 108 valence electrons. The van der Waals surface area contributed by atoms with Crippen molar-refractivity contribution in [3.8, 4) is 11.4 Å². The number of aromatic nitrogens is 2. The second-order valence-corrected chi connectivity index (χ2v) is 5.67. The van der Waals surface area contributed by atoms with E-state index in [4.69, 9.17) is 0 Å². The molecule has 3 nitrogen and oxygen atoms in total. The largest absolute Gasteiger partial charge is 0.372 e. The molecule has 6 heteroatoms. The third kappa shape index (κ3) is 2.47. The number of halogens is 2. The van der Waals surface area contributed by atoms with Gasteiger partial charge in [-0.25, -0.2) is 18.7 Å². The summed E-state index contributed by atoms with van der Waals surface area (Å²) in [5.41, 5.74) is 0.196. The fraction of sp³-hybridized carbons (Fsp3) is 0.200. The molecule has 2 aromatic heterocycles. The molecule has 0 aliphatic heterocycles. The van der Waals surface area contributed by atoms with E-state index in [0.717, 1.165) is 22.7 Å². The van der Waals surface area contributed by atoms with E-state index in [1.165, 1.54) is 17.0 Å². The Labute approximate surface area is 124 Å². The maximum atomic E-state index is 13.9.